The van der Waals surface area contributed by atoms with Gasteiger partial charge in [0.25, 0.3) is 0 Å². The molecule has 0 unspecified atom stereocenters. The van der Waals surface area contributed by atoms with Crippen LogP contribution in [0.3, 0.4) is 0 Å². The molecule has 0 aliphatic rings. The highest BCUT2D eigenvalue weighted by atomic mass is 32.1. The maximum atomic E-state index is 12.9. The topological polar surface area (TPSA) is 71.3 Å². The van der Waals surface area contributed by atoms with Gasteiger partial charge in [0.15, 0.2) is 5.13 Å². The van der Waals surface area contributed by atoms with Gasteiger partial charge in [-0.1, -0.05) is 54.6 Å². The van der Waals surface area contributed by atoms with Gasteiger partial charge in [0.2, 0.25) is 5.91 Å². The average Bonchev–Trinajstić information content (AvgIpc) is 3.48. The summed E-state index contributed by atoms with van der Waals surface area (Å²) in [5.74, 6) is -0.356. The standard InChI is InChI=1S/C28H22F3N5OS/c29-28(30,31)21-9-6-10-22(13-21)33-27-34-23(18-38-27)14-26(37)35-32-15-20-17-36(16-19-7-2-1-3-8-19)25-12-5-4-11-24(20)25/h1-13,15,17-18H,14,16H2,(H,33,34)(H,35,37)/b32-15-. The molecule has 192 valence electrons. The number of halogens is 3. The zero-order valence-electron chi connectivity index (χ0n) is 19.9. The number of carbonyl (C=O) groups is 1. The number of amides is 1. The third-order valence-electron chi connectivity index (χ3n) is 5.74. The van der Waals surface area contributed by atoms with Crippen LogP contribution in [0, 0.1) is 0 Å². The van der Waals surface area contributed by atoms with Gasteiger partial charge in [0.1, 0.15) is 0 Å². The minimum absolute atomic E-state index is 0.0200. The highest BCUT2D eigenvalue weighted by Crippen LogP contribution is 2.32. The summed E-state index contributed by atoms with van der Waals surface area (Å²) in [6.45, 7) is 0.711. The van der Waals surface area contributed by atoms with Crippen molar-refractivity contribution in [2.45, 2.75) is 19.1 Å². The lowest BCUT2D eigenvalue weighted by Gasteiger charge is -2.08. The predicted molar refractivity (Wildman–Crippen MR) is 144 cm³/mol. The number of anilines is 2. The summed E-state index contributed by atoms with van der Waals surface area (Å²) in [4.78, 5) is 16.7. The number of carbonyl (C=O) groups excluding carboxylic acids is 1. The molecule has 1 amide bonds. The van der Waals surface area contributed by atoms with Gasteiger partial charge >= 0.3 is 6.18 Å². The van der Waals surface area contributed by atoms with Crippen molar-refractivity contribution in [1.82, 2.24) is 15.0 Å². The van der Waals surface area contributed by atoms with Crippen molar-refractivity contribution in [3.63, 3.8) is 0 Å². The summed E-state index contributed by atoms with van der Waals surface area (Å²) in [7, 11) is 0. The van der Waals surface area contributed by atoms with Gasteiger partial charge in [-0.15, -0.1) is 11.3 Å². The third kappa shape index (κ3) is 6.09. The van der Waals surface area contributed by atoms with Crippen LogP contribution in [0.5, 0.6) is 0 Å². The number of rotatable bonds is 8. The number of alkyl halides is 3. The maximum Gasteiger partial charge on any atom is 0.416 e. The van der Waals surface area contributed by atoms with Crippen molar-refractivity contribution in [1.29, 1.82) is 0 Å². The van der Waals surface area contributed by atoms with Crippen LogP contribution in [0.25, 0.3) is 10.9 Å². The smallest absolute Gasteiger partial charge is 0.342 e. The minimum atomic E-state index is -4.43. The molecule has 0 fully saturated rings. The molecular formula is C28H22F3N5OS. The zero-order valence-corrected chi connectivity index (χ0v) is 20.8. The maximum absolute atomic E-state index is 12.9. The Morgan fingerprint density at radius 2 is 1.82 bits per heavy atom. The van der Waals surface area contributed by atoms with Crippen LogP contribution in [-0.2, 0) is 23.9 Å². The lowest BCUT2D eigenvalue weighted by Crippen LogP contribution is -2.19. The van der Waals surface area contributed by atoms with Crippen LogP contribution < -0.4 is 10.7 Å². The normalized spacial score (nSPS) is 11.8. The van der Waals surface area contributed by atoms with Gasteiger partial charge < -0.3 is 9.88 Å². The largest absolute Gasteiger partial charge is 0.416 e. The number of nitrogens with zero attached hydrogens (tertiary/aromatic N) is 3. The Bertz CT molecular complexity index is 1590. The first-order chi connectivity index (χ1) is 18.3. The molecule has 2 aromatic heterocycles. The predicted octanol–water partition coefficient (Wildman–Crippen LogP) is 6.60. The van der Waals surface area contributed by atoms with Gasteiger partial charge in [0, 0.05) is 40.3 Å². The number of nitrogens with one attached hydrogen (secondary N) is 2. The number of thiazole rings is 1. The molecule has 0 saturated carbocycles. The molecule has 6 nitrogen and oxygen atoms in total. The minimum Gasteiger partial charge on any atom is -0.342 e. The lowest BCUT2D eigenvalue weighted by molar-refractivity contribution is -0.137. The van der Waals surface area contributed by atoms with Crippen molar-refractivity contribution in [2.24, 2.45) is 5.10 Å². The molecule has 10 heteroatoms. The Morgan fingerprint density at radius 1 is 1.03 bits per heavy atom. The van der Waals surface area contributed by atoms with Crippen molar-refractivity contribution >= 4 is 45.2 Å². The number of hydrogen-bond donors (Lipinski definition) is 2. The summed E-state index contributed by atoms with van der Waals surface area (Å²) in [5.41, 5.74) is 5.64. The Hall–Kier alpha value is -4.44. The van der Waals surface area contributed by atoms with Crippen molar-refractivity contribution < 1.29 is 18.0 Å². The van der Waals surface area contributed by atoms with Crippen LogP contribution in [-0.4, -0.2) is 21.7 Å². The van der Waals surface area contributed by atoms with Gasteiger partial charge in [-0.25, -0.2) is 10.4 Å². The van der Waals surface area contributed by atoms with Crippen LogP contribution in [0.4, 0.5) is 24.0 Å². The lowest BCUT2D eigenvalue weighted by atomic mass is 10.2. The molecule has 0 saturated heterocycles. The fourth-order valence-electron chi connectivity index (χ4n) is 4.01. The average molecular weight is 534 g/mol. The molecule has 38 heavy (non-hydrogen) atoms. The summed E-state index contributed by atoms with van der Waals surface area (Å²) < 4.78 is 40.9. The molecule has 5 rings (SSSR count). The number of benzene rings is 3. The number of hydrogen-bond acceptors (Lipinski definition) is 5. The molecule has 2 N–H and O–H groups in total. The first-order valence-corrected chi connectivity index (χ1v) is 12.6. The van der Waals surface area contributed by atoms with Gasteiger partial charge in [-0.3, -0.25) is 4.79 Å². The van der Waals surface area contributed by atoms with Crippen LogP contribution in [0.1, 0.15) is 22.4 Å². The molecule has 0 bridgehead atoms. The van der Waals surface area contributed by atoms with Crippen molar-refractivity contribution in [2.75, 3.05) is 5.32 Å². The number of para-hydroxylation sites is 1. The van der Waals surface area contributed by atoms with Crippen molar-refractivity contribution in [3.8, 4) is 0 Å². The second kappa shape index (κ2) is 10.9. The summed E-state index contributed by atoms with van der Waals surface area (Å²) in [6, 6.07) is 23.0. The number of hydrazone groups is 1. The van der Waals surface area contributed by atoms with E-state index in [1.807, 2.05) is 48.7 Å². The second-order valence-electron chi connectivity index (χ2n) is 8.53. The zero-order chi connectivity index (χ0) is 26.5. The Kier molecular flexibility index (Phi) is 7.23. The first-order valence-electron chi connectivity index (χ1n) is 11.7. The molecule has 3 aromatic carbocycles. The summed E-state index contributed by atoms with van der Waals surface area (Å²) >= 11 is 1.20. The van der Waals surface area contributed by atoms with Crippen LogP contribution in [0.2, 0.25) is 0 Å². The van der Waals surface area contributed by atoms with E-state index in [9.17, 15) is 18.0 Å². The highest BCUT2D eigenvalue weighted by molar-refractivity contribution is 7.13. The van der Waals surface area contributed by atoms with E-state index >= 15 is 0 Å². The van der Waals surface area contributed by atoms with E-state index in [-0.39, 0.29) is 18.0 Å². The van der Waals surface area contributed by atoms with Crippen molar-refractivity contribution in [3.05, 3.63) is 113 Å². The van der Waals surface area contributed by atoms with Crippen LogP contribution in [0.15, 0.2) is 95.5 Å². The Morgan fingerprint density at radius 3 is 2.63 bits per heavy atom. The van der Waals surface area contributed by atoms with E-state index in [1.165, 1.54) is 29.0 Å². The van der Waals surface area contributed by atoms with Gasteiger partial charge in [0.05, 0.1) is 23.9 Å². The number of aromatic nitrogens is 2. The van der Waals surface area contributed by atoms with E-state index in [0.29, 0.717) is 17.4 Å². The fourth-order valence-corrected chi connectivity index (χ4v) is 4.74. The van der Waals surface area contributed by atoms with Gasteiger partial charge in [-0.05, 0) is 29.8 Å². The fraction of sp³-hybridized carbons (Fsp3) is 0.107. The monoisotopic (exact) mass is 533 g/mol. The number of fused-ring (bicyclic) bond motifs is 1. The van der Waals surface area contributed by atoms with E-state index in [0.717, 1.165) is 28.6 Å². The molecule has 2 heterocycles. The Balaban J connectivity index is 1.21. The molecule has 0 atom stereocenters. The summed E-state index contributed by atoms with van der Waals surface area (Å²) in [5, 5.41) is 10.1. The van der Waals surface area contributed by atoms with E-state index in [1.54, 1.807) is 11.6 Å². The quantitative estimate of drug-likeness (QED) is 0.174. The molecule has 0 aliphatic heterocycles. The molecule has 5 aromatic rings. The van der Waals surface area contributed by atoms with Crippen LogP contribution >= 0.6 is 11.3 Å². The van der Waals surface area contributed by atoms with Gasteiger partial charge in [-0.2, -0.15) is 18.3 Å². The molecule has 0 spiro atoms. The Labute approximate surface area is 220 Å². The van der Waals surface area contributed by atoms with E-state index < -0.39 is 11.7 Å². The molecule has 0 aliphatic carbocycles. The second-order valence-corrected chi connectivity index (χ2v) is 9.39. The SMILES string of the molecule is O=C(Cc1csc(Nc2cccc(C(F)(F)F)c2)n1)N/N=C\c1cn(Cc2ccccc2)c2ccccc12. The first kappa shape index (κ1) is 25.2. The highest BCUT2D eigenvalue weighted by Gasteiger charge is 2.30. The van der Waals surface area contributed by atoms with E-state index in [4.69, 9.17) is 0 Å². The molecule has 0 radical (unpaired) electrons. The third-order valence-corrected chi connectivity index (χ3v) is 6.55. The summed E-state index contributed by atoms with van der Waals surface area (Å²) in [6.07, 6.45) is -0.835. The molecular weight excluding hydrogens is 511 g/mol. The van der Waals surface area contributed by atoms with E-state index in [2.05, 4.69) is 37.5 Å².